The molecular formula is C9H13NO3S. The molecule has 0 spiro atoms. The number of hydrogen-bond acceptors (Lipinski definition) is 4. The van der Waals surface area contributed by atoms with Gasteiger partial charge in [0.2, 0.25) is 0 Å². The maximum absolute atomic E-state index is 10.8. The average Bonchev–Trinajstić information content (AvgIpc) is 2.02. The van der Waals surface area contributed by atoms with Gasteiger partial charge in [0, 0.05) is 18.3 Å². The summed E-state index contributed by atoms with van der Waals surface area (Å²) in [5, 5.41) is 3.06. The third-order valence-corrected chi connectivity index (χ3v) is 1.96. The minimum atomic E-state index is -3.44. The highest BCUT2D eigenvalue weighted by molar-refractivity contribution is 7.86. The topological polar surface area (TPSA) is 55.4 Å². The van der Waals surface area contributed by atoms with E-state index in [1.165, 1.54) is 0 Å². The highest BCUT2D eigenvalue weighted by Gasteiger charge is 2.03. The highest BCUT2D eigenvalue weighted by Crippen LogP contribution is 2.18. The third-order valence-electron chi connectivity index (χ3n) is 1.46. The van der Waals surface area contributed by atoms with Crippen molar-refractivity contribution < 1.29 is 12.6 Å². The first-order valence-corrected chi connectivity index (χ1v) is 6.06. The Morgan fingerprint density at radius 3 is 2.71 bits per heavy atom. The minimum Gasteiger partial charge on any atom is -0.385 e. The first kappa shape index (κ1) is 10.8. The van der Waals surface area contributed by atoms with Crippen molar-refractivity contribution in [1.29, 1.82) is 0 Å². The van der Waals surface area contributed by atoms with Crippen molar-refractivity contribution in [3.8, 4) is 5.75 Å². The summed E-state index contributed by atoms with van der Waals surface area (Å²) < 4.78 is 26.4. The Morgan fingerprint density at radius 1 is 1.43 bits per heavy atom. The van der Waals surface area contributed by atoms with Crippen molar-refractivity contribution in [2.75, 3.05) is 18.1 Å². The van der Waals surface area contributed by atoms with E-state index in [-0.39, 0.29) is 0 Å². The van der Waals surface area contributed by atoms with Crippen molar-refractivity contribution in [3.05, 3.63) is 24.3 Å². The van der Waals surface area contributed by atoms with E-state index in [2.05, 4.69) is 5.32 Å². The van der Waals surface area contributed by atoms with E-state index in [0.717, 1.165) is 18.5 Å². The van der Waals surface area contributed by atoms with Crippen molar-refractivity contribution in [2.24, 2.45) is 0 Å². The van der Waals surface area contributed by atoms with Crippen LogP contribution in [0.3, 0.4) is 0 Å². The summed E-state index contributed by atoms with van der Waals surface area (Å²) in [6, 6.07) is 6.82. The van der Waals surface area contributed by atoms with E-state index in [4.69, 9.17) is 4.18 Å². The molecule has 0 saturated heterocycles. The Morgan fingerprint density at radius 2 is 2.14 bits per heavy atom. The molecule has 0 aliphatic carbocycles. The fourth-order valence-electron chi connectivity index (χ4n) is 1.04. The second kappa shape index (κ2) is 4.32. The second-order valence-electron chi connectivity index (χ2n) is 2.85. The van der Waals surface area contributed by atoms with E-state index >= 15 is 0 Å². The van der Waals surface area contributed by atoms with Crippen LogP contribution in [0.5, 0.6) is 5.75 Å². The van der Waals surface area contributed by atoms with E-state index in [9.17, 15) is 8.42 Å². The zero-order valence-electron chi connectivity index (χ0n) is 8.15. The number of anilines is 1. The van der Waals surface area contributed by atoms with Crippen LogP contribution in [-0.2, 0) is 10.1 Å². The molecule has 4 nitrogen and oxygen atoms in total. The molecule has 0 aliphatic heterocycles. The molecule has 5 heteroatoms. The second-order valence-corrected chi connectivity index (χ2v) is 4.42. The molecule has 0 radical (unpaired) electrons. The number of rotatable bonds is 4. The van der Waals surface area contributed by atoms with Gasteiger partial charge < -0.3 is 9.50 Å². The van der Waals surface area contributed by atoms with E-state index in [1.807, 2.05) is 13.0 Å². The molecule has 1 N–H and O–H groups in total. The Kier molecular flexibility index (Phi) is 3.35. The van der Waals surface area contributed by atoms with Gasteiger partial charge >= 0.3 is 10.1 Å². The monoisotopic (exact) mass is 215 g/mol. The predicted molar refractivity (Wildman–Crippen MR) is 56.1 cm³/mol. The molecule has 1 aromatic carbocycles. The lowest BCUT2D eigenvalue weighted by atomic mass is 10.3. The van der Waals surface area contributed by atoms with Gasteiger partial charge in [0.05, 0.1) is 6.26 Å². The van der Waals surface area contributed by atoms with Gasteiger partial charge in [0.1, 0.15) is 5.75 Å². The molecule has 0 heterocycles. The summed E-state index contributed by atoms with van der Waals surface area (Å²) in [7, 11) is -3.44. The van der Waals surface area contributed by atoms with Crippen LogP contribution in [0.15, 0.2) is 24.3 Å². The lowest BCUT2D eigenvalue weighted by molar-refractivity contribution is 0.493. The zero-order chi connectivity index (χ0) is 10.6. The van der Waals surface area contributed by atoms with Crippen LogP contribution in [0.1, 0.15) is 6.92 Å². The molecule has 0 atom stereocenters. The summed E-state index contributed by atoms with van der Waals surface area (Å²) in [5.41, 5.74) is 0.841. The Bertz CT molecular complexity index is 400. The Hall–Kier alpha value is -1.23. The van der Waals surface area contributed by atoms with Crippen LogP contribution in [0.25, 0.3) is 0 Å². The third kappa shape index (κ3) is 3.66. The molecule has 1 aromatic rings. The van der Waals surface area contributed by atoms with Gasteiger partial charge in [-0.25, -0.2) is 0 Å². The van der Waals surface area contributed by atoms with Gasteiger partial charge in [-0.2, -0.15) is 8.42 Å². The van der Waals surface area contributed by atoms with Crippen LogP contribution in [0.4, 0.5) is 5.69 Å². The largest absolute Gasteiger partial charge is 0.385 e. The first-order valence-electron chi connectivity index (χ1n) is 4.24. The first-order chi connectivity index (χ1) is 6.51. The summed E-state index contributed by atoms with van der Waals surface area (Å²) in [6.45, 7) is 2.74. The normalized spacial score (nSPS) is 11.0. The molecule has 78 valence electrons. The van der Waals surface area contributed by atoms with Crippen LogP contribution in [0, 0.1) is 0 Å². The lowest BCUT2D eigenvalue weighted by Gasteiger charge is -2.06. The minimum absolute atomic E-state index is 0.325. The fourth-order valence-corrected chi connectivity index (χ4v) is 1.49. The van der Waals surface area contributed by atoms with Crippen molar-refractivity contribution in [3.63, 3.8) is 0 Å². The van der Waals surface area contributed by atoms with Crippen molar-refractivity contribution in [2.45, 2.75) is 6.92 Å². The molecular weight excluding hydrogens is 202 g/mol. The SMILES string of the molecule is CCNc1cccc(OS(C)(=O)=O)c1. The van der Waals surface area contributed by atoms with Gasteiger partial charge in [-0.3, -0.25) is 0 Å². The summed E-state index contributed by atoms with van der Waals surface area (Å²) in [4.78, 5) is 0. The Labute approximate surface area is 84.0 Å². The summed E-state index contributed by atoms with van der Waals surface area (Å²) in [6.07, 6.45) is 1.02. The van der Waals surface area contributed by atoms with E-state index in [0.29, 0.717) is 5.75 Å². The highest BCUT2D eigenvalue weighted by atomic mass is 32.2. The summed E-state index contributed by atoms with van der Waals surface area (Å²) >= 11 is 0. The number of hydrogen-bond donors (Lipinski definition) is 1. The van der Waals surface area contributed by atoms with Crippen LogP contribution in [0.2, 0.25) is 0 Å². The zero-order valence-corrected chi connectivity index (χ0v) is 8.97. The molecule has 0 bridgehead atoms. The molecule has 14 heavy (non-hydrogen) atoms. The van der Waals surface area contributed by atoms with Gasteiger partial charge in [-0.15, -0.1) is 0 Å². The van der Waals surface area contributed by atoms with Gasteiger partial charge in [0.15, 0.2) is 0 Å². The molecule has 0 aromatic heterocycles. The molecule has 0 amide bonds. The van der Waals surface area contributed by atoms with E-state index in [1.54, 1.807) is 18.2 Å². The standard InChI is InChI=1S/C9H13NO3S/c1-3-10-8-5-4-6-9(7-8)13-14(2,11)12/h4-7,10H,3H2,1-2H3. The van der Waals surface area contributed by atoms with E-state index < -0.39 is 10.1 Å². The van der Waals surface area contributed by atoms with Crippen molar-refractivity contribution >= 4 is 15.8 Å². The Balaban J connectivity index is 2.83. The van der Waals surface area contributed by atoms with Gasteiger partial charge in [0.25, 0.3) is 0 Å². The van der Waals surface area contributed by atoms with Crippen LogP contribution in [-0.4, -0.2) is 21.2 Å². The summed E-state index contributed by atoms with van der Waals surface area (Å²) in [5.74, 6) is 0.325. The number of nitrogens with one attached hydrogen (secondary N) is 1. The maximum Gasteiger partial charge on any atom is 0.306 e. The van der Waals surface area contributed by atoms with Crippen LogP contribution >= 0.6 is 0 Å². The molecule has 0 fully saturated rings. The molecule has 0 aliphatic rings. The average molecular weight is 215 g/mol. The maximum atomic E-state index is 10.8. The fraction of sp³-hybridized carbons (Fsp3) is 0.333. The van der Waals surface area contributed by atoms with Crippen LogP contribution < -0.4 is 9.50 Å². The van der Waals surface area contributed by atoms with Crippen molar-refractivity contribution in [1.82, 2.24) is 0 Å². The number of benzene rings is 1. The molecule has 0 unspecified atom stereocenters. The van der Waals surface area contributed by atoms with Gasteiger partial charge in [-0.05, 0) is 19.1 Å². The quantitative estimate of drug-likeness (QED) is 0.772. The lowest BCUT2D eigenvalue weighted by Crippen LogP contribution is -2.06. The smallest absolute Gasteiger partial charge is 0.306 e. The molecule has 1 rings (SSSR count). The molecule has 0 saturated carbocycles. The van der Waals surface area contributed by atoms with Gasteiger partial charge in [-0.1, -0.05) is 6.07 Å². The predicted octanol–water partition coefficient (Wildman–Crippen LogP) is 1.46.